The fourth-order valence-electron chi connectivity index (χ4n) is 2.23. The van der Waals surface area contributed by atoms with E-state index in [4.69, 9.17) is 0 Å². The zero-order chi connectivity index (χ0) is 13.0. The molecule has 98 valence electrons. The van der Waals surface area contributed by atoms with E-state index >= 15 is 0 Å². The van der Waals surface area contributed by atoms with Crippen molar-refractivity contribution >= 4 is 27.7 Å². The van der Waals surface area contributed by atoms with E-state index in [0.29, 0.717) is 11.7 Å². The van der Waals surface area contributed by atoms with Crippen molar-refractivity contribution in [1.29, 1.82) is 0 Å². The first-order valence-electron chi connectivity index (χ1n) is 6.35. The van der Waals surface area contributed by atoms with E-state index in [1.807, 2.05) is 6.07 Å². The molecule has 1 amide bonds. The Morgan fingerprint density at radius 2 is 2.44 bits per heavy atom. The van der Waals surface area contributed by atoms with Gasteiger partial charge in [-0.15, -0.1) is 0 Å². The third-order valence-corrected chi connectivity index (χ3v) is 3.85. The van der Waals surface area contributed by atoms with E-state index < -0.39 is 0 Å². The number of hydrogen-bond acceptors (Lipinski definition) is 3. The lowest BCUT2D eigenvalue weighted by Gasteiger charge is -2.28. The predicted molar refractivity (Wildman–Crippen MR) is 75.4 cm³/mol. The van der Waals surface area contributed by atoms with Gasteiger partial charge in [0.15, 0.2) is 0 Å². The summed E-state index contributed by atoms with van der Waals surface area (Å²) in [5, 5.41) is 6.12. The first kappa shape index (κ1) is 13.5. The van der Waals surface area contributed by atoms with Gasteiger partial charge in [-0.25, -0.2) is 4.98 Å². The van der Waals surface area contributed by atoms with Crippen molar-refractivity contribution in [2.24, 2.45) is 5.92 Å². The van der Waals surface area contributed by atoms with Gasteiger partial charge in [0.1, 0.15) is 5.82 Å². The van der Waals surface area contributed by atoms with Crippen molar-refractivity contribution in [1.82, 2.24) is 10.3 Å². The first-order chi connectivity index (χ1) is 8.69. The van der Waals surface area contributed by atoms with E-state index in [2.05, 4.69) is 38.5 Å². The van der Waals surface area contributed by atoms with Crippen LogP contribution in [0, 0.1) is 5.92 Å². The maximum Gasteiger partial charge on any atom is 0.242 e. The third kappa shape index (κ3) is 3.53. The summed E-state index contributed by atoms with van der Waals surface area (Å²) in [6, 6.07) is 3.57. The number of halogens is 1. The van der Waals surface area contributed by atoms with Gasteiger partial charge in [0.2, 0.25) is 5.91 Å². The zero-order valence-corrected chi connectivity index (χ0v) is 12.0. The summed E-state index contributed by atoms with van der Waals surface area (Å²) >= 11 is 3.32. The van der Waals surface area contributed by atoms with E-state index in [1.54, 1.807) is 12.3 Å². The lowest BCUT2D eigenvalue weighted by Crippen LogP contribution is -2.46. The molecule has 0 aromatic carbocycles. The zero-order valence-electron chi connectivity index (χ0n) is 10.4. The summed E-state index contributed by atoms with van der Waals surface area (Å²) in [4.78, 5) is 16.2. The number of amides is 1. The molecule has 5 heteroatoms. The van der Waals surface area contributed by atoms with Crippen LogP contribution in [0.1, 0.15) is 26.2 Å². The highest BCUT2D eigenvalue weighted by atomic mass is 79.9. The molecule has 0 aliphatic carbocycles. The number of anilines is 1. The summed E-state index contributed by atoms with van der Waals surface area (Å²) in [6.07, 6.45) is 4.90. The maximum absolute atomic E-state index is 12.1. The average Bonchev–Trinajstić information content (AvgIpc) is 2.41. The Hall–Kier alpha value is -0.940. The van der Waals surface area contributed by atoms with Crippen LogP contribution < -0.4 is 10.6 Å². The van der Waals surface area contributed by atoms with Crippen molar-refractivity contribution in [3.63, 3.8) is 0 Å². The van der Waals surface area contributed by atoms with Gasteiger partial charge in [0.05, 0.1) is 6.04 Å². The van der Waals surface area contributed by atoms with Crippen LogP contribution in [0.4, 0.5) is 5.82 Å². The number of rotatable bonds is 3. The average molecular weight is 312 g/mol. The largest absolute Gasteiger partial charge is 0.309 e. The Morgan fingerprint density at radius 1 is 1.61 bits per heavy atom. The van der Waals surface area contributed by atoms with Crippen LogP contribution in [0.2, 0.25) is 0 Å². The number of carbonyl (C=O) groups is 1. The van der Waals surface area contributed by atoms with Gasteiger partial charge in [0, 0.05) is 10.7 Å². The van der Waals surface area contributed by atoms with Gasteiger partial charge < -0.3 is 10.6 Å². The Labute approximate surface area is 116 Å². The fourth-order valence-corrected chi connectivity index (χ4v) is 2.46. The highest BCUT2D eigenvalue weighted by molar-refractivity contribution is 9.10. The lowest BCUT2D eigenvalue weighted by atomic mass is 9.90. The van der Waals surface area contributed by atoms with Crippen molar-refractivity contribution in [2.75, 3.05) is 11.9 Å². The molecule has 2 atom stereocenters. The SMILES string of the molecule is CCC1CCNC(C(=O)Nc2ccc(Br)cn2)C1. The number of carbonyl (C=O) groups excluding carboxylic acids is 1. The molecule has 1 fully saturated rings. The second kappa shape index (κ2) is 6.29. The minimum atomic E-state index is -0.0888. The number of hydrogen-bond donors (Lipinski definition) is 2. The molecular formula is C13H18BrN3O. The van der Waals surface area contributed by atoms with Crippen LogP contribution in [0.3, 0.4) is 0 Å². The van der Waals surface area contributed by atoms with Gasteiger partial charge in [-0.1, -0.05) is 13.3 Å². The standard InChI is InChI=1S/C13H18BrN3O/c1-2-9-5-6-15-11(7-9)13(18)17-12-4-3-10(14)8-16-12/h3-4,8-9,11,15H,2,5-7H2,1H3,(H,16,17,18). The van der Waals surface area contributed by atoms with Gasteiger partial charge in [-0.3, -0.25) is 4.79 Å². The van der Waals surface area contributed by atoms with Crippen LogP contribution in [0.25, 0.3) is 0 Å². The van der Waals surface area contributed by atoms with Crippen molar-refractivity contribution in [3.8, 4) is 0 Å². The quantitative estimate of drug-likeness (QED) is 0.902. The molecule has 2 N–H and O–H groups in total. The second-order valence-corrected chi connectivity index (χ2v) is 5.57. The number of pyridine rings is 1. The smallest absolute Gasteiger partial charge is 0.242 e. The van der Waals surface area contributed by atoms with Crippen LogP contribution in [-0.2, 0) is 4.79 Å². The Kier molecular flexibility index (Phi) is 4.72. The van der Waals surface area contributed by atoms with Crippen molar-refractivity contribution in [3.05, 3.63) is 22.8 Å². The Bertz CT molecular complexity index is 407. The molecule has 0 spiro atoms. The molecule has 1 aromatic heterocycles. The van der Waals surface area contributed by atoms with Gasteiger partial charge in [-0.05, 0) is 53.4 Å². The molecule has 1 aromatic rings. The molecular weight excluding hydrogens is 294 g/mol. The first-order valence-corrected chi connectivity index (χ1v) is 7.14. The van der Waals surface area contributed by atoms with Gasteiger partial charge in [0.25, 0.3) is 0 Å². The topological polar surface area (TPSA) is 54.0 Å². The predicted octanol–water partition coefficient (Wildman–Crippen LogP) is 2.56. The number of nitrogens with one attached hydrogen (secondary N) is 2. The lowest BCUT2D eigenvalue weighted by molar-refractivity contribution is -0.119. The summed E-state index contributed by atoms with van der Waals surface area (Å²) in [5.74, 6) is 1.27. The summed E-state index contributed by atoms with van der Waals surface area (Å²) in [7, 11) is 0. The molecule has 0 bridgehead atoms. The van der Waals surface area contributed by atoms with Gasteiger partial charge in [-0.2, -0.15) is 0 Å². The minimum Gasteiger partial charge on any atom is -0.309 e. The molecule has 2 rings (SSSR count). The Balaban J connectivity index is 1.93. The molecule has 1 aliphatic rings. The second-order valence-electron chi connectivity index (χ2n) is 4.66. The highest BCUT2D eigenvalue weighted by Crippen LogP contribution is 2.20. The van der Waals surface area contributed by atoms with Crippen LogP contribution in [-0.4, -0.2) is 23.5 Å². The van der Waals surface area contributed by atoms with E-state index in [9.17, 15) is 4.79 Å². The molecule has 2 unspecified atom stereocenters. The molecule has 4 nitrogen and oxygen atoms in total. The third-order valence-electron chi connectivity index (χ3n) is 3.38. The molecule has 0 radical (unpaired) electrons. The van der Waals surface area contributed by atoms with Crippen molar-refractivity contribution in [2.45, 2.75) is 32.2 Å². The molecule has 0 saturated carbocycles. The van der Waals surface area contributed by atoms with Crippen LogP contribution >= 0.6 is 15.9 Å². The molecule has 18 heavy (non-hydrogen) atoms. The molecule has 2 heterocycles. The van der Waals surface area contributed by atoms with Crippen LogP contribution in [0.15, 0.2) is 22.8 Å². The van der Waals surface area contributed by atoms with Gasteiger partial charge >= 0.3 is 0 Å². The minimum absolute atomic E-state index is 0.0166. The maximum atomic E-state index is 12.1. The fraction of sp³-hybridized carbons (Fsp3) is 0.538. The number of nitrogens with zero attached hydrogens (tertiary/aromatic N) is 1. The normalized spacial score (nSPS) is 23.7. The Morgan fingerprint density at radius 3 is 3.11 bits per heavy atom. The number of piperidine rings is 1. The summed E-state index contributed by atoms with van der Waals surface area (Å²) in [5.41, 5.74) is 0. The highest BCUT2D eigenvalue weighted by Gasteiger charge is 2.25. The summed E-state index contributed by atoms with van der Waals surface area (Å²) < 4.78 is 0.905. The van der Waals surface area contributed by atoms with E-state index in [0.717, 1.165) is 30.3 Å². The number of aromatic nitrogens is 1. The summed E-state index contributed by atoms with van der Waals surface area (Å²) in [6.45, 7) is 3.10. The molecule has 1 aliphatic heterocycles. The van der Waals surface area contributed by atoms with E-state index in [-0.39, 0.29) is 11.9 Å². The monoisotopic (exact) mass is 311 g/mol. The van der Waals surface area contributed by atoms with Crippen LogP contribution in [0.5, 0.6) is 0 Å². The van der Waals surface area contributed by atoms with Crippen molar-refractivity contribution < 1.29 is 4.79 Å². The van der Waals surface area contributed by atoms with E-state index in [1.165, 1.54) is 0 Å². The molecule has 1 saturated heterocycles.